The van der Waals surface area contributed by atoms with Gasteiger partial charge in [-0.05, 0) is 26.8 Å². The number of aliphatic hydroxyl groups is 1. The van der Waals surface area contributed by atoms with E-state index in [9.17, 15) is 13.9 Å². The van der Waals surface area contributed by atoms with Gasteiger partial charge in [0.1, 0.15) is 0 Å². The van der Waals surface area contributed by atoms with Crippen LogP contribution in [-0.2, 0) is 4.74 Å². The zero-order chi connectivity index (χ0) is 17.0. The molecule has 1 aromatic rings. The van der Waals surface area contributed by atoms with E-state index >= 15 is 0 Å². The number of aliphatic hydroxyl groups excluding tert-OH is 1. The standard InChI is InChI=1S/C17H26F2N2O2/c1-11-8-21(9-12(2)23-11)10-14(22)7-20-13(3)15-5-4-6-16(18)17(15)19/h4-6,11-14,20,22H,7-10H2,1-3H3. The second kappa shape index (κ2) is 8.15. The highest BCUT2D eigenvalue weighted by Crippen LogP contribution is 2.19. The molecule has 0 amide bonds. The van der Waals surface area contributed by atoms with E-state index in [2.05, 4.69) is 10.2 Å². The van der Waals surface area contributed by atoms with Gasteiger partial charge < -0.3 is 15.2 Å². The smallest absolute Gasteiger partial charge is 0.163 e. The Morgan fingerprint density at radius 2 is 1.96 bits per heavy atom. The predicted molar refractivity (Wildman–Crippen MR) is 85.2 cm³/mol. The van der Waals surface area contributed by atoms with Crippen molar-refractivity contribution in [3.05, 3.63) is 35.4 Å². The highest BCUT2D eigenvalue weighted by molar-refractivity contribution is 5.21. The van der Waals surface area contributed by atoms with Crippen LogP contribution in [0.4, 0.5) is 8.78 Å². The van der Waals surface area contributed by atoms with Gasteiger partial charge in [-0.25, -0.2) is 8.78 Å². The first-order valence-corrected chi connectivity index (χ1v) is 8.10. The predicted octanol–water partition coefficient (Wildman–Crippen LogP) is 2.09. The van der Waals surface area contributed by atoms with E-state index in [1.54, 1.807) is 13.0 Å². The van der Waals surface area contributed by atoms with Crippen molar-refractivity contribution in [1.29, 1.82) is 0 Å². The molecule has 1 heterocycles. The number of rotatable bonds is 6. The minimum absolute atomic E-state index is 0.152. The Hall–Kier alpha value is -1.08. The van der Waals surface area contributed by atoms with Crippen molar-refractivity contribution >= 4 is 0 Å². The van der Waals surface area contributed by atoms with Gasteiger partial charge >= 0.3 is 0 Å². The second-order valence-corrected chi connectivity index (χ2v) is 6.40. The van der Waals surface area contributed by atoms with E-state index < -0.39 is 17.7 Å². The molecule has 1 fully saturated rings. The molecule has 0 bridgehead atoms. The van der Waals surface area contributed by atoms with Crippen LogP contribution in [0.25, 0.3) is 0 Å². The van der Waals surface area contributed by atoms with E-state index in [-0.39, 0.29) is 23.8 Å². The molecule has 0 radical (unpaired) electrons. The van der Waals surface area contributed by atoms with E-state index in [4.69, 9.17) is 4.74 Å². The number of ether oxygens (including phenoxy) is 1. The van der Waals surface area contributed by atoms with Gasteiger partial charge in [0.2, 0.25) is 0 Å². The normalized spacial score (nSPS) is 25.3. The minimum atomic E-state index is -0.854. The first-order chi connectivity index (χ1) is 10.9. The lowest BCUT2D eigenvalue weighted by Gasteiger charge is -2.36. The first-order valence-electron chi connectivity index (χ1n) is 8.10. The van der Waals surface area contributed by atoms with Crippen LogP contribution in [0.1, 0.15) is 32.4 Å². The third-order valence-electron chi connectivity index (χ3n) is 4.07. The SMILES string of the molecule is CC1CN(CC(O)CNC(C)c2cccc(F)c2F)CC(C)O1. The largest absolute Gasteiger partial charge is 0.390 e. The van der Waals surface area contributed by atoms with E-state index in [0.29, 0.717) is 13.1 Å². The molecule has 1 saturated heterocycles. The Kier molecular flexibility index (Phi) is 6.47. The Labute approximate surface area is 136 Å². The first kappa shape index (κ1) is 18.3. The van der Waals surface area contributed by atoms with Crippen LogP contribution in [0.3, 0.4) is 0 Å². The van der Waals surface area contributed by atoms with Gasteiger partial charge in [0, 0.05) is 37.8 Å². The molecule has 0 aliphatic carbocycles. The fourth-order valence-electron chi connectivity index (χ4n) is 3.07. The molecule has 1 aliphatic heterocycles. The number of morpholine rings is 1. The summed E-state index contributed by atoms with van der Waals surface area (Å²) in [4.78, 5) is 2.17. The maximum Gasteiger partial charge on any atom is 0.163 e. The highest BCUT2D eigenvalue weighted by Gasteiger charge is 2.24. The van der Waals surface area contributed by atoms with Crippen molar-refractivity contribution in [2.45, 2.75) is 45.1 Å². The number of hydrogen-bond donors (Lipinski definition) is 2. The van der Waals surface area contributed by atoms with Crippen molar-refractivity contribution in [2.75, 3.05) is 26.2 Å². The fourth-order valence-corrected chi connectivity index (χ4v) is 3.07. The summed E-state index contributed by atoms with van der Waals surface area (Å²) in [5.74, 6) is -1.69. The third-order valence-corrected chi connectivity index (χ3v) is 4.07. The molecule has 2 N–H and O–H groups in total. The lowest BCUT2D eigenvalue weighted by atomic mass is 10.1. The Morgan fingerprint density at radius 1 is 1.30 bits per heavy atom. The van der Waals surface area contributed by atoms with Crippen LogP contribution in [0, 0.1) is 11.6 Å². The summed E-state index contributed by atoms with van der Waals surface area (Å²) in [6, 6.07) is 3.76. The number of β-amino-alcohol motifs (C(OH)–C–C–N with tert-alkyl or cyclic N) is 1. The Bertz CT molecular complexity index is 505. The van der Waals surface area contributed by atoms with Crippen LogP contribution < -0.4 is 5.32 Å². The summed E-state index contributed by atoms with van der Waals surface area (Å²) in [7, 11) is 0. The lowest BCUT2D eigenvalue weighted by molar-refractivity contribution is -0.0763. The van der Waals surface area contributed by atoms with Crippen LogP contribution in [0.2, 0.25) is 0 Å². The van der Waals surface area contributed by atoms with Gasteiger partial charge in [-0.3, -0.25) is 4.90 Å². The average molecular weight is 328 g/mol. The van der Waals surface area contributed by atoms with Crippen molar-refractivity contribution in [3.63, 3.8) is 0 Å². The Balaban J connectivity index is 1.81. The quantitative estimate of drug-likeness (QED) is 0.839. The maximum absolute atomic E-state index is 13.7. The molecule has 4 atom stereocenters. The second-order valence-electron chi connectivity index (χ2n) is 6.40. The molecular weight excluding hydrogens is 302 g/mol. The number of nitrogens with one attached hydrogen (secondary N) is 1. The molecule has 1 aliphatic rings. The van der Waals surface area contributed by atoms with Crippen LogP contribution in [0.15, 0.2) is 18.2 Å². The fraction of sp³-hybridized carbons (Fsp3) is 0.647. The van der Waals surface area contributed by atoms with Crippen LogP contribution in [-0.4, -0.2) is 54.5 Å². The van der Waals surface area contributed by atoms with Crippen molar-refractivity contribution in [2.24, 2.45) is 0 Å². The number of nitrogens with zero attached hydrogens (tertiary/aromatic N) is 1. The van der Waals surface area contributed by atoms with Crippen LogP contribution >= 0.6 is 0 Å². The lowest BCUT2D eigenvalue weighted by Crippen LogP contribution is -2.49. The van der Waals surface area contributed by atoms with Gasteiger partial charge in [-0.15, -0.1) is 0 Å². The van der Waals surface area contributed by atoms with Crippen molar-refractivity contribution < 1.29 is 18.6 Å². The van der Waals surface area contributed by atoms with Gasteiger partial charge in [0.15, 0.2) is 11.6 Å². The molecule has 1 aromatic carbocycles. The molecule has 6 heteroatoms. The molecule has 4 nitrogen and oxygen atoms in total. The van der Waals surface area contributed by atoms with E-state index in [1.807, 2.05) is 13.8 Å². The van der Waals surface area contributed by atoms with Gasteiger partial charge in [0.05, 0.1) is 18.3 Å². The minimum Gasteiger partial charge on any atom is -0.390 e. The molecule has 4 unspecified atom stereocenters. The summed E-state index contributed by atoms with van der Waals surface area (Å²) >= 11 is 0. The summed E-state index contributed by atoms with van der Waals surface area (Å²) in [5, 5.41) is 13.2. The number of hydrogen-bond acceptors (Lipinski definition) is 4. The van der Waals surface area contributed by atoms with E-state index in [1.165, 1.54) is 6.07 Å². The molecule has 0 aromatic heterocycles. The molecule has 2 rings (SSSR count). The van der Waals surface area contributed by atoms with Crippen molar-refractivity contribution in [1.82, 2.24) is 10.2 Å². The highest BCUT2D eigenvalue weighted by atomic mass is 19.2. The van der Waals surface area contributed by atoms with Gasteiger partial charge in [-0.1, -0.05) is 12.1 Å². The summed E-state index contributed by atoms with van der Waals surface area (Å²) in [6.07, 6.45) is -0.273. The zero-order valence-electron chi connectivity index (χ0n) is 13.9. The topological polar surface area (TPSA) is 44.7 Å². The maximum atomic E-state index is 13.7. The average Bonchev–Trinajstić information content (AvgIpc) is 2.46. The zero-order valence-corrected chi connectivity index (χ0v) is 13.9. The molecule has 130 valence electrons. The molecule has 23 heavy (non-hydrogen) atoms. The van der Waals surface area contributed by atoms with Crippen molar-refractivity contribution in [3.8, 4) is 0 Å². The van der Waals surface area contributed by atoms with Crippen LogP contribution in [0.5, 0.6) is 0 Å². The summed E-state index contributed by atoms with van der Waals surface area (Å²) in [6.45, 7) is 8.21. The number of benzene rings is 1. The molecular formula is C17H26F2N2O2. The summed E-state index contributed by atoms with van der Waals surface area (Å²) < 4.78 is 32.6. The van der Waals surface area contributed by atoms with Gasteiger partial charge in [-0.2, -0.15) is 0 Å². The molecule has 0 spiro atoms. The van der Waals surface area contributed by atoms with E-state index in [0.717, 1.165) is 19.2 Å². The third kappa shape index (κ3) is 5.21. The van der Waals surface area contributed by atoms with Gasteiger partial charge in [0.25, 0.3) is 0 Å². The Morgan fingerprint density at radius 3 is 2.61 bits per heavy atom. The monoisotopic (exact) mass is 328 g/mol. The summed E-state index contributed by atoms with van der Waals surface area (Å²) in [5.41, 5.74) is 0.269. The number of halogens is 2. The molecule has 0 saturated carbocycles.